The molecule has 14 heavy (non-hydrogen) atoms. The maximum atomic E-state index is 9.74. The van der Waals surface area contributed by atoms with E-state index in [1.165, 1.54) is 18.4 Å². The second kappa shape index (κ2) is 4.91. The zero-order valence-corrected chi connectivity index (χ0v) is 9.09. The molecule has 0 saturated heterocycles. The smallest absolute Gasteiger partial charge is 0.0693 e. The van der Waals surface area contributed by atoms with Gasteiger partial charge in [-0.25, -0.2) is 0 Å². The summed E-state index contributed by atoms with van der Waals surface area (Å²) in [6, 6.07) is 2.44. The van der Waals surface area contributed by atoms with E-state index in [-0.39, 0.29) is 6.10 Å². The summed E-state index contributed by atoms with van der Waals surface area (Å²) in [4.78, 5) is 0. The third kappa shape index (κ3) is 2.56. The number of nitrogens with one attached hydrogen (secondary N) is 1. The standard InChI is InChI=1S/C11H17NOS/c13-11-4-2-1-3-10(11)12-7-9-5-6-14-8-9/h5-6,8,10-13H,1-4,7H2/t10-,11-/m1/s1. The van der Waals surface area contributed by atoms with Gasteiger partial charge in [0.15, 0.2) is 0 Å². The molecule has 0 aliphatic heterocycles. The van der Waals surface area contributed by atoms with E-state index in [0.29, 0.717) is 6.04 Å². The van der Waals surface area contributed by atoms with Crippen molar-refractivity contribution in [1.29, 1.82) is 0 Å². The molecule has 1 aromatic heterocycles. The zero-order chi connectivity index (χ0) is 9.80. The van der Waals surface area contributed by atoms with Crippen LogP contribution in [-0.2, 0) is 6.54 Å². The van der Waals surface area contributed by atoms with Crippen LogP contribution < -0.4 is 5.32 Å². The Balaban J connectivity index is 1.79. The topological polar surface area (TPSA) is 32.3 Å². The number of rotatable bonds is 3. The van der Waals surface area contributed by atoms with Gasteiger partial charge in [-0.3, -0.25) is 0 Å². The molecule has 2 N–H and O–H groups in total. The van der Waals surface area contributed by atoms with E-state index in [9.17, 15) is 5.11 Å². The molecule has 2 nitrogen and oxygen atoms in total. The Labute approximate surface area is 89.0 Å². The van der Waals surface area contributed by atoms with Crippen LogP contribution in [0.4, 0.5) is 0 Å². The Morgan fingerprint density at radius 2 is 2.29 bits per heavy atom. The number of hydrogen-bond acceptors (Lipinski definition) is 3. The van der Waals surface area contributed by atoms with Gasteiger partial charge < -0.3 is 10.4 Å². The normalized spacial score (nSPS) is 27.8. The van der Waals surface area contributed by atoms with Gasteiger partial charge in [0.1, 0.15) is 0 Å². The predicted octanol–water partition coefficient (Wildman–Crippen LogP) is 2.14. The molecule has 78 valence electrons. The molecule has 1 saturated carbocycles. The van der Waals surface area contributed by atoms with Gasteiger partial charge >= 0.3 is 0 Å². The number of thiophene rings is 1. The van der Waals surface area contributed by atoms with Crippen molar-refractivity contribution in [2.24, 2.45) is 0 Å². The van der Waals surface area contributed by atoms with Gasteiger partial charge in [0.2, 0.25) is 0 Å². The Hall–Kier alpha value is -0.380. The maximum Gasteiger partial charge on any atom is 0.0693 e. The van der Waals surface area contributed by atoms with Gasteiger partial charge in [0.05, 0.1) is 6.10 Å². The van der Waals surface area contributed by atoms with Crippen LogP contribution in [0, 0.1) is 0 Å². The number of aliphatic hydroxyl groups is 1. The van der Waals surface area contributed by atoms with Crippen LogP contribution in [0.2, 0.25) is 0 Å². The largest absolute Gasteiger partial charge is 0.392 e. The Bertz CT molecular complexity index is 260. The highest BCUT2D eigenvalue weighted by Crippen LogP contribution is 2.18. The van der Waals surface area contributed by atoms with Crippen LogP contribution in [0.15, 0.2) is 16.8 Å². The van der Waals surface area contributed by atoms with Crippen LogP contribution in [0.3, 0.4) is 0 Å². The Morgan fingerprint density at radius 3 is 3.00 bits per heavy atom. The molecule has 1 heterocycles. The molecule has 0 spiro atoms. The second-order valence-corrected chi connectivity index (χ2v) is 4.75. The molecule has 0 unspecified atom stereocenters. The van der Waals surface area contributed by atoms with E-state index < -0.39 is 0 Å². The third-order valence-electron chi connectivity index (χ3n) is 2.88. The molecule has 0 bridgehead atoms. The first-order chi connectivity index (χ1) is 6.86. The first kappa shape index (κ1) is 10.1. The number of aliphatic hydroxyl groups excluding tert-OH is 1. The minimum absolute atomic E-state index is 0.137. The average Bonchev–Trinajstić information content (AvgIpc) is 2.69. The number of hydrogen-bond donors (Lipinski definition) is 2. The van der Waals surface area contributed by atoms with Crippen LogP contribution in [0.1, 0.15) is 31.2 Å². The average molecular weight is 211 g/mol. The Morgan fingerprint density at radius 1 is 1.43 bits per heavy atom. The van der Waals surface area contributed by atoms with Crippen molar-refractivity contribution in [3.63, 3.8) is 0 Å². The molecular formula is C11H17NOS. The maximum absolute atomic E-state index is 9.74. The minimum Gasteiger partial charge on any atom is -0.392 e. The highest BCUT2D eigenvalue weighted by molar-refractivity contribution is 7.07. The highest BCUT2D eigenvalue weighted by atomic mass is 32.1. The lowest BCUT2D eigenvalue weighted by atomic mass is 9.92. The monoisotopic (exact) mass is 211 g/mol. The lowest BCUT2D eigenvalue weighted by Crippen LogP contribution is -2.41. The molecule has 0 radical (unpaired) electrons. The summed E-state index contributed by atoms with van der Waals surface area (Å²) in [5.41, 5.74) is 1.33. The molecular weight excluding hydrogens is 194 g/mol. The van der Waals surface area contributed by atoms with E-state index >= 15 is 0 Å². The third-order valence-corrected chi connectivity index (χ3v) is 3.61. The summed E-state index contributed by atoms with van der Waals surface area (Å²) in [6.07, 6.45) is 4.37. The van der Waals surface area contributed by atoms with Crippen LogP contribution in [0.5, 0.6) is 0 Å². The van der Waals surface area contributed by atoms with Crippen LogP contribution in [-0.4, -0.2) is 17.3 Å². The second-order valence-electron chi connectivity index (χ2n) is 3.97. The first-order valence-electron chi connectivity index (χ1n) is 5.29. The summed E-state index contributed by atoms with van der Waals surface area (Å²) in [5, 5.41) is 17.4. The highest BCUT2D eigenvalue weighted by Gasteiger charge is 2.21. The van der Waals surface area contributed by atoms with Crippen LogP contribution >= 0.6 is 11.3 Å². The summed E-state index contributed by atoms with van der Waals surface area (Å²) in [5.74, 6) is 0. The fourth-order valence-corrected chi connectivity index (χ4v) is 2.66. The summed E-state index contributed by atoms with van der Waals surface area (Å²) >= 11 is 1.72. The van der Waals surface area contributed by atoms with Crippen molar-refractivity contribution in [2.75, 3.05) is 0 Å². The summed E-state index contributed by atoms with van der Waals surface area (Å²) < 4.78 is 0. The molecule has 2 atom stereocenters. The van der Waals surface area contributed by atoms with E-state index in [2.05, 4.69) is 22.1 Å². The van der Waals surface area contributed by atoms with Crippen LogP contribution in [0.25, 0.3) is 0 Å². The molecule has 0 aromatic carbocycles. The fraction of sp³-hybridized carbons (Fsp3) is 0.636. The van der Waals surface area contributed by atoms with E-state index in [4.69, 9.17) is 0 Å². The zero-order valence-electron chi connectivity index (χ0n) is 8.28. The molecule has 1 aliphatic carbocycles. The minimum atomic E-state index is -0.137. The van der Waals surface area contributed by atoms with Crippen molar-refractivity contribution in [3.8, 4) is 0 Å². The van der Waals surface area contributed by atoms with Gasteiger partial charge in [-0.1, -0.05) is 12.8 Å². The van der Waals surface area contributed by atoms with Crippen molar-refractivity contribution >= 4 is 11.3 Å². The van der Waals surface area contributed by atoms with E-state index in [1.807, 2.05) is 0 Å². The van der Waals surface area contributed by atoms with E-state index in [0.717, 1.165) is 19.4 Å². The van der Waals surface area contributed by atoms with Crippen molar-refractivity contribution in [3.05, 3.63) is 22.4 Å². The molecule has 1 fully saturated rings. The van der Waals surface area contributed by atoms with E-state index in [1.54, 1.807) is 11.3 Å². The lowest BCUT2D eigenvalue weighted by molar-refractivity contribution is 0.0903. The molecule has 3 heteroatoms. The quantitative estimate of drug-likeness (QED) is 0.803. The first-order valence-corrected chi connectivity index (χ1v) is 6.23. The van der Waals surface area contributed by atoms with Crippen molar-refractivity contribution in [2.45, 2.75) is 44.4 Å². The van der Waals surface area contributed by atoms with Gasteiger partial charge in [-0.15, -0.1) is 0 Å². The molecule has 0 amide bonds. The molecule has 2 rings (SSSR count). The summed E-state index contributed by atoms with van der Waals surface area (Å²) in [6.45, 7) is 0.894. The van der Waals surface area contributed by atoms with Gasteiger partial charge in [-0.05, 0) is 35.2 Å². The SMILES string of the molecule is O[C@@H]1CCCC[C@H]1NCc1ccsc1. The van der Waals surface area contributed by atoms with Gasteiger partial charge in [-0.2, -0.15) is 11.3 Å². The van der Waals surface area contributed by atoms with Crippen molar-refractivity contribution < 1.29 is 5.11 Å². The molecule has 1 aromatic rings. The summed E-state index contributed by atoms with van der Waals surface area (Å²) in [7, 11) is 0. The predicted molar refractivity (Wildman–Crippen MR) is 59.4 cm³/mol. The van der Waals surface area contributed by atoms with Crippen molar-refractivity contribution in [1.82, 2.24) is 5.32 Å². The van der Waals surface area contributed by atoms with Gasteiger partial charge in [0, 0.05) is 12.6 Å². The van der Waals surface area contributed by atoms with Gasteiger partial charge in [0.25, 0.3) is 0 Å². The Kier molecular flexibility index (Phi) is 3.56. The molecule has 1 aliphatic rings. The lowest BCUT2D eigenvalue weighted by Gasteiger charge is -2.28. The fourth-order valence-electron chi connectivity index (χ4n) is 1.99.